The average Bonchev–Trinajstić information content (AvgIpc) is 2.59. The summed E-state index contributed by atoms with van der Waals surface area (Å²) in [5.41, 5.74) is 3.00. The quantitative estimate of drug-likeness (QED) is 0.693. The van der Waals surface area contributed by atoms with E-state index in [0.29, 0.717) is 24.5 Å². The number of amides is 1. The van der Waals surface area contributed by atoms with Crippen LogP contribution in [0.3, 0.4) is 0 Å². The van der Waals surface area contributed by atoms with Crippen LogP contribution in [0.5, 0.6) is 5.75 Å². The topological polar surface area (TPSA) is 64.6 Å². The fourth-order valence-electron chi connectivity index (χ4n) is 2.69. The highest BCUT2D eigenvalue weighted by Crippen LogP contribution is 2.20. The number of carbonyl (C=O) groups is 2. The fraction of sp³-hybridized carbons (Fsp3) is 0.263. The van der Waals surface area contributed by atoms with Gasteiger partial charge in [0.15, 0.2) is 0 Å². The number of carbonyl (C=O) groups excluding carboxylic acids is 2. The maximum Gasteiger partial charge on any atom is 0.308 e. The molecular weight excluding hydrogens is 306 g/mol. The van der Waals surface area contributed by atoms with Crippen molar-refractivity contribution in [3.8, 4) is 5.75 Å². The van der Waals surface area contributed by atoms with Gasteiger partial charge in [-0.25, -0.2) is 0 Å². The minimum absolute atomic E-state index is 0.0239. The molecule has 24 heavy (non-hydrogen) atoms. The van der Waals surface area contributed by atoms with Crippen LogP contribution in [0.25, 0.3) is 0 Å². The van der Waals surface area contributed by atoms with Crippen LogP contribution in [-0.2, 0) is 22.6 Å². The Morgan fingerprint density at radius 3 is 2.54 bits per heavy atom. The molecule has 1 amide bonds. The van der Waals surface area contributed by atoms with Gasteiger partial charge in [-0.05, 0) is 35.4 Å². The van der Waals surface area contributed by atoms with Gasteiger partial charge >= 0.3 is 5.97 Å². The lowest BCUT2D eigenvalue weighted by Crippen LogP contribution is -2.36. The third kappa shape index (κ3) is 4.00. The van der Waals surface area contributed by atoms with Crippen LogP contribution in [-0.4, -0.2) is 24.5 Å². The molecule has 1 unspecified atom stereocenters. The maximum atomic E-state index is 12.2. The molecule has 5 heteroatoms. The van der Waals surface area contributed by atoms with Crippen LogP contribution in [0.1, 0.15) is 28.4 Å². The molecule has 1 heterocycles. The number of nitrogens with one attached hydrogen (secondary N) is 1. The number of ether oxygens (including phenoxy) is 2. The van der Waals surface area contributed by atoms with E-state index in [1.807, 2.05) is 12.1 Å². The summed E-state index contributed by atoms with van der Waals surface area (Å²) in [6.45, 7) is 2.37. The highest BCUT2D eigenvalue weighted by molar-refractivity contribution is 5.94. The second kappa shape index (κ2) is 7.27. The minimum Gasteiger partial charge on any atom is -0.427 e. The van der Waals surface area contributed by atoms with Crippen molar-refractivity contribution in [2.45, 2.75) is 26.1 Å². The highest BCUT2D eigenvalue weighted by Gasteiger charge is 2.19. The van der Waals surface area contributed by atoms with Gasteiger partial charge in [-0.2, -0.15) is 0 Å². The number of esters is 1. The fourth-order valence-corrected chi connectivity index (χ4v) is 2.69. The van der Waals surface area contributed by atoms with Crippen LogP contribution in [0.4, 0.5) is 0 Å². The molecule has 2 aromatic carbocycles. The van der Waals surface area contributed by atoms with Crippen molar-refractivity contribution in [1.82, 2.24) is 5.32 Å². The van der Waals surface area contributed by atoms with Gasteiger partial charge in [0.2, 0.25) is 0 Å². The number of fused-ring (bicyclic) bond motifs is 1. The first-order valence-corrected chi connectivity index (χ1v) is 7.87. The monoisotopic (exact) mass is 325 g/mol. The van der Waals surface area contributed by atoms with Crippen LogP contribution in [0.15, 0.2) is 48.5 Å². The van der Waals surface area contributed by atoms with Gasteiger partial charge < -0.3 is 14.8 Å². The van der Waals surface area contributed by atoms with E-state index in [-0.39, 0.29) is 18.0 Å². The summed E-state index contributed by atoms with van der Waals surface area (Å²) >= 11 is 0. The van der Waals surface area contributed by atoms with E-state index in [4.69, 9.17) is 9.47 Å². The lowest BCUT2D eigenvalue weighted by atomic mass is 9.99. The Morgan fingerprint density at radius 2 is 1.83 bits per heavy atom. The number of hydrogen-bond acceptors (Lipinski definition) is 4. The Hall–Kier alpha value is -2.66. The van der Waals surface area contributed by atoms with Crippen molar-refractivity contribution in [1.29, 1.82) is 0 Å². The molecule has 3 rings (SSSR count). The normalized spacial score (nSPS) is 16.1. The van der Waals surface area contributed by atoms with E-state index < -0.39 is 0 Å². The summed E-state index contributed by atoms with van der Waals surface area (Å²) < 4.78 is 10.7. The smallest absolute Gasteiger partial charge is 0.308 e. The second-order valence-corrected chi connectivity index (χ2v) is 5.73. The summed E-state index contributed by atoms with van der Waals surface area (Å²) in [6, 6.07) is 14.6. The van der Waals surface area contributed by atoms with Gasteiger partial charge in [0.25, 0.3) is 5.91 Å². The summed E-state index contributed by atoms with van der Waals surface area (Å²) in [7, 11) is 0. The molecule has 2 aromatic rings. The van der Waals surface area contributed by atoms with Gasteiger partial charge in [-0.15, -0.1) is 0 Å². The van der Waals surface area contributed by atoms with E-state index in [1.54, 1.807) is 24.3 Å². The first-order chi connectivity index (χ1) is 11.6. The Bertz CT molecular complexity index is 739. The van der Waals surface area contributed by atoms with Crippen molar-refractivity contribution in [3.63, 3.8) is 0 Å². The number of benzene rings is 2. The van der Waals surface area contributed by atoms with Crippen LogP contribution >= 0.6 is 0 Å². The van der Waals surface area contributed by atoms with Crippen LogP contribution < -0.4 is 10.1 Å². The largest absolute Gasteiger partial charge is 0.427 e. The SMILES string of the molecule is CC(=O)Oc1ccc(C(=O)NCC2Cc3ccccc3CO2)cc1. The third-order valence-electron chi connectivity index (χ3n) is 3.91. The van der Waals surface area contributed by atoms with Gasteiger partial charge in [0, 0.05) is 25.5 Å². The molecule has 1 aliphatic rings. The molecule has 1 N–H and O–H groups in total. The number of rotatable bonds is 4. The van der Waals surface area contributed by atoms with E-state index in [2.05, 4.69) is 17.4 Å². The van der Waals surface area contributed by atoms with Crippen molar-refractivity contribution < 1.29 is 19.1 Å². The summed E-state index contributed by atoms with van der Waals surface area (Å²) in [4.78, 5) is 23.1. The number of hydrogen-bond donors (Lipinski definition) is 1. The van der Waals surface area contributed by atoms with Gasteiger partial charge in [-0.3, -0.25) is 9.59 Å². The zero-order chi connectivity index (χ0) is 16.9. The molecule has 0 radical (unpaired) electrons. The lowest BCUT2D eigenvalue weighted by Gasteiger charge is -2.25. The molecule has 5 nitrogen and oxygen atoms in total. The zero-order valence-corrected chi connectivity index (χ0v) is 13.5. The second-order valence-electron chi connectivity index (χ2n) is 5.73. The zero-order valence-electron chi connectivity index (χ0n) is 13.5. The third-order valence-corrected chi connectivity index (χ3v) is 3.91. The molecule has 124 valence electrons. The molecule has 1 atom stereocenters. The summed E-state index contributed by atoms with van der Waals surface area (Å²) in [6.07, 6.45) is 0.770. The Kier molecular flexibility index (Phi) is 4.91. The highest BCUT2D eigenvalue weighted by atomic mass is 16.5. The molecule has 1 aliphatic heterocycles. The Balaban J connectivity index is 1.53. The Labute approximate surface area is 140 Å². The molecule has 0 saturated heterocycles. The molecule has 0 fully saturated rings. The lowest BCUT2D eigenvalue weighted by molar-refractivity contribution is -0.131. The van der Waals surface area contributed by atoms with Gasteiger partial charge in [0.1, 0.15) is 5.75 Å². The van der Waals surface area contributed by atoms with Crippen molar-refractivity contribution in [3.05, 3.63) is 65.2 Å². The van der Waals surface area contributed by atoms with Crippen molar-refractivity contribution >= 4 is 11.9 Å². The first-order valence-electron chi connectivity index (χ1n) is 7.87. The summed E-state index contributed by atoms with van der Waals surface area (Å²) in [5, 5.41) is 2.89. The van der Waals surface area contributed by atoms with E-state index in [1.165, 1.54) is 18.1 Å². The van der Waals surface area contributed by atoms with Gasteiger partial charge in [0.05, 0.1) is 12.7 Å². The maximum absolute atomic E-state index is 12.2. The summed E-state index contributed by atoms with van der Waals surface area (Å²) in [5.74, 6) is -0.139. The van der Waals surface area contributed by atoms with E-state index in [0.717, 1.165) is 6.42 Å². The molecule has 0 saturated carbocycles. The predicted molar refractivity (Wildman–Crippen MR) is 88.8 cm³/mol. The van der Waals surface area contributed by atoms with Crippen LogP contribution in [0.2, 0.25) is 0 Å². The van der Waals surface area contributed by atoms with E-state index in [9.17, 15) is 9.59 Å². The molecule has 0 aromatic heterocycles. The predicted octanol–water partition coefficient (Wildman–Crippen LogP) is 2.48. The molecule has 0 aliphatic carbocycles. The first kappa shape index (κ1) is 16.2. The molecular formula is C19H19NO4. The van der Waals surface area contributed by atoms with Crippen LogP contribution in [0, 0.1) is 0 Å². The van der Waals surface area contributed by atoms with Crippen molar-refractivity contribution in [2.24, 2.45) is 0 Å². The molecule has 0 bridgehead atoms. The van der Waals surface area contributed by atoms with Gasteiger partial charge in [-0.1, -0.05) is 24.3 Å². The Morgan fingerprint density at radius 1 is 1.12 bits per heavy atom. The van der Waals surface area contributed by atoms with E-state index >= 15 is 0 Å². The minimum atomic E-state index is -0.387. The molecule has 0 spiro atoms. The standard InChI is InChI=1S/C19H19NO4/c1-13(21)24-17-8-6-14(7-9-17)19(22)20-11-18-10-15-4-2-3-5-16(15)12-23-18/h2-9,18H,10-12H2,1H3,(H,20,22). The average molecular weight is 325 g/mol. The van der Waals surface area contributed by atoms with Crippen molar-refractivity contribution in [2.75, 3.05) is 6.54 Å².